The van der Waals surface area contributed by atoms with Crippen molar-refractivity contribution in [2.24, 2.45) is 5.92 Å². The number of hydrogen-bond donors (Lipinski definition) is 2. The van der Waals surface area contributed by atoms with Crippen molar-refractivity contribution in [1.29, 1.82) is 0 Å². The van der Waals surface area contributed by atoms with Gasteiger partial charge in [-0.15, -0.1) is 11.8 Å². The summed E-state index contributed by atoms with van der Waals surface area (Å²) < 4.78 is 28.1. The molecule has 5 nitrogen and oxygen atoms in total. The third-order valence-corrected chi connectivity index (χ3v) is 7.28. The molecule has 0 bridgehead atoms. The molecular formula is C16H22N2O3S2. The lowest BCUT2D eigenvalue weighted by atomic mass is 9.87. The number of carbonyl (C=O) groups is 1. The topological polar surface area (TPSA) is 75.3 Å². The lowest BCUT2D eigenvalue weighted by molar-refractivity contribution is -0.115. The van der Waals surface area contributed by atoms with Crippen molar-refractivity contribution in [3.63, 3.8) is 0 Å². The number of rotatable bonds is 3. The molecule has 0 spiro atoms. The first-order chi connectivity index (χ1) is 10.9. The molecule has 1 fully saturated rings. The van der Waals surface area contributed by atoms with Crippen molar-refractivity contribution in [3.8, 4) is 0 Å². The number of anilines is 1. The highest BCUT2D eigenvalue weighted by Crippen LogP contribution is 2.37. The third-order valence-electron chi connectivity index (χ3n) is 4.61. The van der Waals surface area contributed by atoms with E-state index < -0.39 is 10.0 Å². The molecule has 1 saturated carbocycles. The van der Waals surface area contributed by atoms with Crippen LogP contribution in [0.5, 0.6) is 0 Å². The van der Waals surface area contributed by atoms with Gasteiger partial charge in [-0.1, -0.05) is 19.8 Å². The van der Waals surface area contributed by atoms with Gasteiger partial charge < -0.3 is 5.32 Å². The fourth-order valence-electron chi connectivity index (χ4n) is 3.11. The molecule has 1 amide bonds. The molecule has 126 valence electrons. The number of nitrogens with one attached hydrogen (secondary N) is 2. The van der Waals surface area contributed by atoms with Gasteiger partial charge >= 0.3 is 0 Å². The van der Waals surface area contributed by atoms with Crippen LogP contribution in [0.3, 0.4) is 0 Å². The van der Waals surface area contributed by atoms with E-state index in [9.17, 15) is 13.2 Å². The summed E-state index contributed by atoms with van der Waals surface area (Å²) in [5, 5.41) is 2.62. The van der Waals surface area contributed by atoms with Crippen molar-refractivity contribution >= 4 is 33.4 Å². The molecule has 3 atom stereocenters. The Hall–Kier alpha value is -1.05. The molecule has 1 aliphatic carbocycles. The lowest BCUT2D eigenvalue weighted by Gasteiger charge is -2.29. The Morgan fingerprint density at radius 3 is 2.70 bits per heavy atom. The summed E-state index contributed by atoms with van der Waals surface area (Å²) in [4.78, 5) is 12.9. The van der Waals surface area contributed by atoms with E-state index in [2.05, 4.69) is 17.0 Å². The molecule has 1 aromatic rings. The van der Waals surface area contributed by atoms with E-state index in [4.69, 9.17) is 0 Å². The molecule has 1 heterocycles. The maximum Gasteiger partial charge on any atom is 0.240 e. The molecule has 1 aliphatic heterocycles. The van der Waals surface area contributed by atoms with Crippen molar-refractivity contribution in [3.05, 3.63) is 18.2 Å². The molecule has 0 unspecified atom stereocenters. The minimum Gasteiger partial charge on any atom is -0.324 e. The van der Waals surface area contributed by atoms with Crippen molar-refractivity contribution < 1.29 is 13.2 Å². The van der Waals surface area contributed by atoms with Crippen LogP contribution in [-0.2, 0) is 14.8 Å². The van der Waals surface area contributed by atoms with Crippen LogP contribution in [-0.4, -0.2) is 25.6 Å². The Kier molecular flexibility index (Phi) is 4.71. The Morgan fingerprint density at radius 2 is 1.96 bits per heavy atom. The predicted octanol–water partition coefficient (Wildman–Crippen LogP) is 2.98. The summed E-state index contributed by atoms with van der Waals surface area (Å²) in [7, 11) is -3.57. The molecule has 2 N–H and O–H groups in total. The number of carbonyl (C=O) groups excluding carboxylic acids is 1. The van der Waals surface area contributed by atoms with Gasteiger partial charge in [0, 0.05) is 10.9 Å². The van der Waals surface area contributed by atoms with Gasteiger partial charge in [-0.05, 0) is 43.9 Å². The maximum absolute atomic E-state index is 12.6. The Bertz CT molecular complexity index is 718. The van der Waals surface area contributed by atoms with Gasteiger partial charge in [0.1, 0.15) is 0 Å². The molecule has 3 rings (SSSR count). The highest BCUT2D eigenvalue weighted by Gasteiger charge is 2.29. The van der Waals surface area contributed by atoms with E-state index in [0.29, 0.717) is 11.6 Å². The normalized spacial score (nSPS) is 28.1. The van der Waals surface area contributed by atoms with Crippen LogP contribution in [0, 0.1) is 5.92 Å². The molecule has 7 heteroatoms. The van der Waals surface area contributed by atoms with Crippen molar-refractivity contribution in [2.45, 2.75) is 60.6 Å². The highest BCUT2D eigenvalue weighted by atomic mass is 32.2. The van der Waals surface area contributed by atoms with Crippen LogP contribution >= 0.6 is 11.8 Å². The smallest absolute Gasteiger partial charge is 0.240 e. The Morgan fingerprint density at radius 1 is 1.22 bits per heavy atom. The standard InChI is InChI=1S/C16H22N2O3S2/c1-10-5-3-4-6-13(10)18-23(20,21)12-7-8-15-14(9-12)17-16(19)11(2)22-15/h7-11,13,18H,3-6H2,1-2H3,(H,17,19)/t10-,11+,13+/m1/s1. The van der Waals surface area contributed by atoms with Crippen LogP contribution in [0.25, 0.3) is 0 Å². The van der Waals surface area contributed by atoms with Crippen LogP contribution < -0.4 is 10.0 Å². The van der Waals surface area contributed by atoms with Crippen molar-refractivity contribution in [1.82, 2.24) is 4.72 Å². The summed E-state index contributed by atoms with van der Waals surface area (Å²) in [5.41, 5.74) is 0.581. The van der Waals surface area contributed by atoms with Gasteiger partial charge in [-0.25, -0.2) is 13.1 Å². The zero-order valence-corrected chi connectivity index (χ0v) is 15.0. The van der Waals surface area contributed by atoms with E-state index >= 15 is 0 Å². The second kappa shape index (κ2) is 6.45. The summed E-state index contributed by atoms with van der Waals surface area (Å²) in [6.07, 6.45) is 4.17. The molecule has 2 aliphatic rings. The fraction of sp³-hybridized carbons (Fsp3) is 0.562. The average Bonchev–Trinajstić information content (AvgIpc) is 2.50. The number of hydrogen-bond acceptors (Lipinski definition) is 4. The fourth-order valence-corrected chi connectivity index (χ4v) is 5.45. The zero-order chi connectivity index (χ0) is 16.6. The van der Waals surface area contributed by atoms with Gasteiger partial charge in [-0.3, -0.25) is 4.79 Å². The van der Waals surface area contributed by atoms with Gasteiger partial charge in [0.05, 0.1) is 15.8 Å². The quantitative estimate of drug-likeness (QED) is 0.875. The lowest BCUT2D eigenvalue weighted by Crippen LogP contribution is -2.41. The van der Waals surface area contributed by atoms with Gasteiger partial charge in [0.2, 0.25) is 15.9 Å². The minimum atomic E-state index is -3.57. The third kappa shape index (κ3) is 3.56. The van der Waals surface area contributed by atoms with E-state index in [1.165, 1.54) is 18.2 Å². The molecule has 0 aromatic heterocycles. The highest BCUT2D eigenvalue weighted by molar-refractivity contribution is 8.01. The van der Waals surface area contributed by atoms with E-state index in [0.717, 1.165) is 24.2 Å². The number of benzene rings is 1. The SMILES string of the molecule is C[C@@H]1Sc2ccc(S(=O)(=O)N[C@H]3CCCC[C@H]3C)cc2NC1=O. The molecule has 23 heavy (non-hydrogen) atoms. The van der Waals surface area contributed by atoms with E-state index in [1.54, 1.807) is 18.2 Å². The second-order valence-corrected chi connectivity index (χ2v) is 9.49. The number of thioether (sulfide) groups is 1. The minimum absolute atomic E-state index is 0.00577. The summed E-state index contributed by atoms with van der Waals surface area (Å²) in [6, 6.07) is 4.94. The van der Waals surface area contributed by atoms with Crippen LogP contribution in [0.2, 0.25) is 0 Å². The number of sulfonamides is 1. The first kappa shape index (κ1) is 16.8. The zero-order valence-electron chi connectivity index (χ0n) is 13.3. The van der Waals surface area contributed by atoms with Crippen LogP contribution in [0.15, 0.2) is 28.0 Å². The average molecular weight is 354 g/mol. The largest absolute Gasteiger partial charge is 0.324 e. The Labute approximate surface area is 141 Å². The van der Waals surface area contributed by atoms with Gasteiger partial charge in [0.15, 0.2) is 0 Å². The van der Waals surface area contributed by atoms with E-state index in [1.807, 2.05) is 6.92 Å². The number of amides is 1. The van der Waals surface area contributed by atoms with Crippen LogP contribution in [0.1, 0.15) is 39.5 Å². The molecular weight excluding hydrogens is 332 g/mol. The molecule has 0 saturated heterocycles. The molecule has 0 radical (unpaired) electrons. The van der Waals surface area contributed by atoms with Gasteiger partial charge in [0.25, 0.3) is 0 Å². The first-order valence-corrected chi connectivity index (χ1v) is 10.4. The summed E-state index contributed by atoms with van der Waals surface area (Å²) >= 11 is 1.45. The van der Waals surface area contributed by atoms with Crippen LogP contribution in [0.4, 0.5) is 5.69 Å². The summed E-state index contributed by atoms with van der Waals surface area (Å²) in [5.74, 6) is 0.262. The second-order valence-electron chi connectivity index (χ2n) is 6.40. The Balaban J connectivity index is 1.83. The summed E-state index contributed by atoms with van der Waals surface area (Å²) in [6.45, 7) is 3.93. The predicted molar refractivity (Wildman–Crippen MR) is 92.1 cm³/mol. The number of fused-ring (bicyclic) bond motifs is 1. The van der Waals surface area contributed by atoms with E-state index in [-0.39, 0.29) is 22.1 Å². The maximum atomic E-state index is 12.6. The van der Waals surface area contributed by atoms with Gasteiger partial charge in [-0.2, -0.15) is 0 Å². The first-order valence-electron chi connectivity index (χ1n) is 8.01. The monoisotopic (exact) mass is 354 g/mol. The molecule has 1 aromatic carbocycles. The van der Waals surface area contributed by atoms with Crippen molar-refractivity contribution in [2.75, 3.05) is 5.32 Å².